The number of hydrogen-bond acceptors (Lipinski definition) is 2. The van der Waals surface area contributed by atoms with Crippen molar-refractivity contribution in [2.45, 2.75) is 33.1 Å². The number of nitrogens with one attached hydrogen (secondary N) is 1. The predicted molar refractivity (Wildman–Crippen MR) is 88.4 cm³/mol. The molecule has 20 heavy (non-hydrogen) atoms. The summed E-state index contributed by atoms with van der Waals surface area (Å²) >= 11 is 0. The average Bonchev–Trinajstić information content (AvgIpc) is 2.74. The zero-order chi connectivity index (χ0) is 14.4. The van der Waals surface area contributed by atoms with E-state index in [1.54, 1.807) is 0 Å². The van der Waals surface area contributed by atoms with Crippen molar-refractivity contribution in [1.29, 1.82) is 0 Å². The van der Waals surface area contributed by atoms with Crippen LogP contribution in [0, 0.1) is 12.8 Å². The van der Waals surface area contributed by atoms with Crippen molar-refractivity contribution in [2.75, 3.05) is 20.1 Å². The van der Waals surface area contributed by atoms with Crippen LogP contribution in [0.4, 0.5) is 0 Å². The lowest BCUT2D eigenvalue weighted by molar-refractivity contribution is 0.547. The van der Waals surface area contributed by atoms with Gasteiger partial charge in [-0.05, 0) is 63.3 Å². The quantitative estimate of drug-likeness (QED) is 0.829. The van der Waals surface area contributed by atoms with Crippen molar-refractivity contribution < 1.29 is 0 Å². The van der Waals surface area contributed by atoms with Crippen LogP contribution >= 0.6 is 0 Å². The van der Waals surface area contributed by atoms with E-state index in [2.05, 4.69) is 48.4 Å². The van der Waals surface area contributed by atoms with Crippen LogP contribution in [0.3, 0.4) is 0 Å². The fourth-order valence-electron chi connectivity index (χ4n) is 2.94. The second kappa shape index (κ2) is 7.39. The molecule has 0 aliphatic carbocycles. The number of hydrogen-bond donors (Lipinski definition) is 1. The van der Waals surface area contributed by atoms with Gasteiger partial charge in [-0.15, -0.1) is 0 Å². The van der Waals surface area contributed by atoms with Crippen LogP contribution in [0.5, 0.6) is 0 Å². The molecule has 0 bridgehead atoms. The van der Waals surface area contributed by atoms with Gasteiger partial charge in [0.1, 0.15) is 0 Å². The first-order valence-corrected chi connectivity index (χ1v) is 7.63. The zero-order valence-electron chi connectivity index (χ0n) is 12.9. The third-order valence-electron chi connectivity index (χ3n) is 4.23. The van der Waals surface area contributed by atoms with E-state index >= 15 is 0 Å². The monoisotopic (exact) mass is 270 g/mol. The molecule has 1 N–H and O–H groups in total. The summed E-state index contributed by atoms with van der Waals surface area (Å²) in [5.74, 6) is 0.680. The Morgan fingerprint density at radius 3 is 2.65 bits per heavy atom. The molecule has 1 aliphatic heterocycles. The highest BCUT2D eigenvalue weighted by atomic mass is 14.8. The summed E-state index contributed by atoms with van der Waals surface area (Å²) in [6.45, 7) is 6.70. The van der Waals surface area contributed by atoms with Gasteiger partial charge in [-0.1, -0.05) is 35.4 Å². The number of rotatable bonds is 3. The highest BCUT2D eigenvalue weighted by Gasteiger charge is 2.16. The largest absolute Gasteiger partial charge is 0.317 e. The third kappa shape index (κ3) is 3.80. The van der Waals surface area contributed by atoms with Gasteiger partial charge in [0.25, 0.3) is 0 Å². The topological polar surface area (TPSA) is 24.4 Å². The molecule has 1 aromatic rings. The van der Waals surface area contributed by atoms with E-state index in [0.717, 1.165) is 13.1 Å². The molecule has 1 heterocycles. The molecule has 1 unspecified atom stereocenters. The van der Waals surface area contributed by atoms with E-state index < -0.39 is 0 Å². The van der Waals surface area contributed by atoms with Crippen LogP contribution in [0.1, 0.15) is 37.3 Å². The molecule has 108 valence electrons. The number of aliphatic imine (C=N–C) groups is 1. The van der Waals surface area contributed by atoms with E-state index in [1.165, 1.54) is 41.5 Å². The molecule has 1 aliphatic rings. The van der Waals surface area contributed by atoms with Crippen molar-refractivity contribution in [3.05, 3.63) is 41.0 Å². The molecule has 2 nitrogen and oxygen atoms in total. The molecular weight excluding hydrogens is 244 g/mol. The Morgan fingerprint density at radius 2 is 1.95 bits per heavy atom. The first-order valence-electron chi connectivity index (χ1n) is 7.63. The van der Waals surface area contributed by atoms with Crippen molar-refractivity contribution in [3.8, 4) is 0 Å². The van der Waals surface area contributed by atoms with Gasteiger partial charge in [0.05, 0.1) is 0 Å². The Morgan fingerprint density at radius 1 is 1.20 bits per heavy atom. The molecule has 0 aromatic heterocycles. The summed E-state index contributed by atoms with van der Waals surface area (Å²) < 4.78 is 0. The van der Waals surface area contributed by atoms with E-state index in [4.69, 9.17) is 0 Å². The Labute approximate surface area is 123 Å². The fourth-order valence-corrected chi connectivity index (χ4v) is 2.94. The first-order chi connectivity index (χ1) is 9.72. The van der Waals surface area contributed by atoms with Crippen LogP contribution in [-0.2, 0) is 0 Å². The highest BCUT2D eigenvalue weighted by molar-refractivity contribution is 6.11. The minimum Gasteiger partial charge on any atom is -0.317 e. The summed E-state index contributed by atoms with van der Waals surface area (Å²) in [4.78, 5) is 4.28. The summed E-state index contributed by atoms with van der Waals surface area (Å²) in [5, 5.41) is 3.49. The van der Waals surface area contributed by atoms with Crippen molar-refractivity contribution in [1.82, 2.24) is 5.32 Å². The molecule has 0 radical (unpaired) electrons. The van der Waals surface area contributed by atoms with Crippen LogP contribution < -0.4 is 5.32 Å². The summed E-state index contributed by atoms with van der Waals surface area (Å²) in [6.07, 6.45) is 5.81. The number of nitrogens with zero attached hydrogens (tertiary/aromatic N) is 1. The zero-order valence-corrected chi connectivity index (χ0v) is 12.9. The maximum absolute atomic E-state index is 4.28. The second-order valence-corrected chi connectivity index (χ2v) is 5.73. The van der Waals surface area contributed by atoms with Crippen molar-refractivity contribution in [3.63, 3.8) is 0 Å². The van der Waals surface area contributed by atoms with Gasteiger partial charge in [0.2, 0.25) is 0 Å². The van der Waals surface area contributed by atoms with E-state index in [1.807, 2.05) is 13.3 Å². The van der Waals surface area contributed by atoms with Gasteiger partial charge in [0, 0.05) is 13.3 Å². The summed E-state index contributed by atoms with van der Waals surface area (Å²) in [7, 11) is 1.86. The molecule has 0 amide bonds. The highest BCUT2D eigenvalue weighted by Crippen LogP contribution is 2.28. The Balaban J connectivity index is 2.33. The fraction of sp³-hybridized carbons (Fsp3) is 0.500. The standard InChI is InChI=1S/C18H26N2/c1-14-6-8-17(9-7-14)18(13-19-3)15(2)16-5-4-11-20-12-10-16/h6-9,13,16,20H,4-5,10-12H2,1-3H3/b18-15-,19-13?. The smallest absolute Gasteiger partial charge is 0.0286 e. The van der Waals surface area contributed by atoms with Crippen LogP contribution in [0.25, 0.3) is 5.57 Å². The normalized spacial score (nSPS) is 21.6. The lowest BCUT2D eigenvalue weighted by atomic mass is 9.87. The molecule has 1 atom stereocenters. The number of aryl methyl sites for hydroxylation is 1. The van der Waals surface area contributed by atoms with Crippen LogP contribution in [0.2, 0.25) is 0 Å². The third-order valence-corrected chi connectivity index (χ3v) is 4.23. The minimum atomic E-state index is 0.680. The molecule has 1 fully saturated rings. The van der Waals surface area contributed by atoms with Gasteiger partial charge in [0.15, 0.2) is 0 Å². The molecule has 2 rings (SSSR count). The lowest BCUT2D eigenvalue weighted by Gasteiger charge is -2.18. The molecule has 1 saturated heterocycles. The van der Waals surface area contributed by atoms with Crippen LogP contribution in [0.15, 0.2) is 34.8 Å². The second-order valence-electron chi connectivity index (χ2n) is 5.73. The minimum absolute atomic E-state index is 0.680. The van der Waals surface area contributed by atoms with Crippen molar-refractivity contribution in [2.24, 2.45) is 10.9 Å². The Kier molecular flexibility index (Phi) is 5.54. The lowest BCUT2D eigenvalue weighted by Crippen LogP contribution is -2.14. The van der Waals surface area contributed by atoms with Gasteiger partial charge < -0.3 is 5.32 Å². The summed E-state index contributed by atoms with van der Waals surface area (Å²) in [6, 6.07) is 8.79. The Bertz CT molecular complexity index is 475. The van der Waals surface area contributed by atoms with Crippen molar-refractivity contribution >= 4 is 11.8 Å². The van der Waals surface area contributed by atoms with Gasteiger partial charge >= 0.3 is 0 Å². The van der Waals surface area contributed by atoms with E-state index in [9.17, 15) is 0 Å². The molecule has 0 saturated carbocycles. The molecule has 0 spiro atoms. The van der Waals surface area contributed by atoms with Gasteiger partial charge in [-0.25, -0.2) is 0 Å². The predicted octanol–water partition coefficient (Wildman–Crippen LogP) is 3.86. The maximum atomic E-state index is 4.28. The molecular formula is C18H26N2. The number of allylic oxidation sites excluding steroid dienone is 2. The SMILES string of the molecule is CN=C/C(=C(\C)C1CCCNCC1)c1ccc(C)cc1. The number of benzene rings is 1. The first kappa shape index (κ1) is 15.0. The summed E-state index contributed by atoms with van der Waals surface area (Å²) in [5.41, 5.74) is 5.39. The van der Waals surface area contributed by atoms with Gasteiger partial charge in [-0.2, -0.15) is 0 Å². The van der Waals surface area contributed by atoms with E-state index in [0.29, 0.717) is 5.92 Å². The average molecular weight is 270 g/mol. The van der Waals surface area contributed by atoms with Gasteiger partial charge in [-0.3, -0.25) is 4.99 Å². The molecule has 2 heteroatoms. The Hall–Kier alpha value is -1.41. The molecule has 1 aromatic carbocycles. The van der Waals surface area contributed by atoms with Crippen LogP contribution in [-0.4, -0.2) is 26.4 Å². The maximum Gasteiger partial charge on any atom is 0.0286 e. The van der Waals surface area contributed by atoms with E-state index in [-0.39, 0.29) is 0 Å².